The third kappa shape index (κ3) is 6.22. The Kier molecular flexibility index (Phi) is 8.24. The Bertz CT molecular complexity index is 468. The van der Waals surface area contributed by atoms with Gasteiger partial charge in [0, 0.05) is 30.8 Å². The number of aliphatic hydroxyl groups excluding tert-OH is 1. The second kappa shape index (κ2) is 9.66. The molecule has 0 aliphatic heterocycles. The summed E-state index contributed by atoms with van der Waals surface area (Å²) in [5.74, 6) is -1.15. The van der Waals surface area contributed by atoms with Gasteiger partial charge >= 0.3 is 0 Å². The summed E-state index contributed by atoms with van der Waals surface area (Å²) in [5.41, 5.74) is 0.418. The Morgan fingerprint density at radius 3 is 2.73 bits per heavy atom. The molecule has 0 bridgehead atoms. The number of hydrogen-bond donors (Lipinski definition) is 1. The van der Waals surface area contributed by atoms with Crippen LogP contribution in [0.1, 0.15) is 25.8 Å². The molecule has 3 nitrogen and oxygen atoms in total. The molecule has 22 heavy (non-hydrogen) atoms. The minimum Gasteiger partial charge on any atom is -0.389 e. The highest BCUT2D eigenvalue weighted by Gasteiger charge is 2.18. The standard InChI is InChI=1S/C17H25F2NO2/c1-4-8-22-12-16(21)11-20(13(3)5-2)10-14-6-7-15(18)9-17(14)19/h4,6-7,9,13,16,21H,1,5,8,10-12H2,2-3H3/t13-,16-/m1/s1. The third-order valence-electron chi connectivity index (χ3n) is 3.59. The lowest BCUT2D eigenvalue weighted by molar-refractivity contribution is 0.0154. The number of ether oxygens (including phenoxy) is 1. The van der Waals surface area contributed by atoms with E-state index in [0.717, 1.165) is 12.5 Å². The molecular formula is C17H25F2NO2. The number of halogens is 2. The Balaban J connectivity index is 2.69. The van der Waals surface area contributed by atoms with Crippen molar-refractivity contribution in [1.82, 2.24) is 4.90 Å². The van der Waals surface area contributed by atoms with Gasteiger partial charge in [0.2, 0.25) is 0 Å². The predicted octanol–water partition coefficient (Wildman–Crippen LogP) is 3.13. The molecule has 124 valence electrons. The summed E-state index contributed by atoms with van der Waals surface area (Å²) in [6, 6.07) is 3.74. The molecule has 5 heteroatoms. The average Bonchev–Trinajstić information content (AvgIpc) is 2.48. The van der Waals surface area contributed by atoms with E-state index < -0.39 is 17.7 Å². The van der Waals surface area contributed by atoms with Crippen LogP contribution in [0.15, 0.2) is 30.9 Å². The van der Waals surface area contributed by atoms with Crippen molar-refractivity contribution in [2.45, 2.75) is 39.0 Å². The van der Waals surface area contributed by atoms with Crippen LogP contribution < -0.4 is 0 Å². The van der Waals surface area contributed by atoms with Crippen LogP contribution in [-0.4, -0.2) is 41.9 Å². The Labute approximate surface area is 131 Å². The first kappa shape index (κ1) is 18.7. The summed E-state index contributed by atoms with van der Waals surface area (Å²) in [7, 11) is 0. The molecule has 0 amide bonds. The van der Waals surface area contributed by atoms with Crippen LogP contribution >= 0.6 is 0 Å². The summed E-state index contributed by atoms with van der Waals surface area (Å²) in [4.78, 5) is 1.97. The van der Waals surface area contributed by atoms with Gasteiger partial charge in [0.15, 0.2) is 0 Å². The maximum absolute atomic E-state index is 13.8. The zero-order valence-electron chi connectivity index (χ0n) is 13.3. The number of aliphatic hydroxyl groups is 1. The quantitative estimate of drug-likeness (QED) is 0.532. The number of rotatable bonds is 10. The van der Waals surface area contributed by atoms with Gasteiger partial charge in [0.25, 0.3) is 0 Å². The number of hydrogen-bond acceptors (Lipinski definition) is 3. The molecular weight excluding hydrogens is 288 g/mol. The second-order valence-corrected chi connectivity index (χ2v) is 5.40. The molecule has 0 spiro atoms. The second-order valence-electron chi connectivity index (χ2n) is 5.40. The van der Waals surface area contributed by atoms with Crippen LogP contribution in [0, 0.1) is 11.6 Å². The molecule has 0 aliphatic carbocycles. The van der Waals surface area contributed by atoms with E-state index >= 15 is 0 Å². The largest absolute Gasteiger partial charge is 0.389 e. The van der Waals surface area contributed by atoms with E-state index in [1.54, 1.807) is 6.08 Å². The molecule has 0 saturated carbocycles. The van der Waals surface area contributed by atoms with Gasteiger partial charge in [-0.2, -0.15) is 0 Å². The van der Waals surface area contributed by atoms with Crippen molar-refractivity contribution >= 4 is 0 Å². The lowest BCUT2D eigenvalue weighted by atomic mass is 10.1. The van der Waals surface area contributed by atoms with E-state index in [9.17, 15) is 13.9 Å². The van der Waals surface area contributed by atoms with E-state index in [1.807, 2.05) is 18.7 Å². The first-order valence-electron chi connectivity index (χ1n) is 7.52. The van der Waals surface area contributed by atoms with Crippen LogP contribution in [0.4, 0.5) is 8.78 Å². The van der Waals surface area contributed by atoms with E-state index in [-0.39, 0.29) is 12.6 Å². The van der Waals surface area contributed by atoms with Crippen molar-refractivity contribution in [2.24, 2.45) is 0 Å². The summed E-state index contributed by atoms with van der Waals surface area (Å²) in [6.07, 6.45) is 1.81. The Morgan fingerprint density at radius 2 is 2.14 bits per heavy atom. The van der Waals surface area contributed by atoms with E-state index in [1.165, 1.54) is 12.1 Å². The summed E-state index contributed by atoms with van der Waals surface area (Å²) in [5, 5.41) is 10.0. The molecule has 1 aromatic carbocycles. The fourth-order valence-corrected chi connectivity index (χ4v) is 2.14. The summed E-state index contributed by atoms with van der Waals surface area (Å²) >= 11 is 0. The molecule has 2 atom stereocenters. The van der Waals surface area contributed by atoms with Crippen molar-refractivity contribution in [2.75, 3.05) is 19.8 Å². The van der Waals surface area contributed by atoms with Crippen molar-refractivity contribution in [3.05, 3.63) is 48.1 Å². The molecule has 0 aliphatic rings. The SMILES string of the molecule is C=CCOC[C@H](O)CN(Cc1ccc(F)cc1F)[C@H](C)CC. The molecule has 1 N–H and O–H groups in total. The molecule has 0 heterocycles. The maximum atomic E-state index is 13.8. The van der Waals surface area contributed by atoms with Gasteiger partial charge < -0.3 is 9.84 Å². The van der Waals surface area contributed by atoms with Crippen LogP contribution in [0.3, 0.4) is 0 Å². The molecule has 0 unspecified atom stereocenters. The van der Waals surface area contributed by atoms with Gasteiger partial charge in [-0.3, -0.25) is 4.90 Å². The third-order valence-corrected chi connectivity index (χ3v) is 3.59. The highest BCUT2D eigenvalue weighted by molar-refractivity contribution is 5.18. The van der Waals surface area contributed by atoms with Crippen molar-refractivity contribution in [3.8, 4) is 0 Å². The van der Waals surface area contributed by atoms with Crippen LogP contribution in [0.5, 0.6) is 0 Å². The van der Waals surface area contributed by atoms with Gasteiger partial charge in [0.1, 0.15) is 11.6 Å². The minimum absolute atomic E-state index is 0.165. The van der Waals surface area contributed by atoms with Crippen LogP contribution in [-0.2, 0) is 11.3 Å². The first-order valence-corrected chi connectivity index (χ1v) is 7.52. The van der Waals surface area contributed by atoms with E-state index in [4.69, 9.17) is 4.74 Å². The molecule has 0 radical (unpaired) electrons. The Morgan fingerprint density at radius 1 is 1.41 bits per heavy atom. The normalized spacial score (nSPS) is 14.1. The maximum Gasteiger partial charge on any atom is 0.130 e. The summed E-state index contributed by atoms with van der Waals surface area (Å²) in [6.45, 7) is 8.85. The highest BCUT2D eigenvalue weighted by Crippen LogP contribution is 2.15. The van der Waals surface area contributed by atoms with Gasteiger partial charge in [-0.15, -0.1) is 6.58 Å². The van der Waals surface area contributed by atoms with Crippen LogP contribution in [0.25, 0.3) is 0 Å². The van der Waals surface area contributed by atoms with Gasteiger partial charge in [-0.25, -0.2) is 8.78 Å². The van der Waals surface area contributed by atoms with Crippen molar-refractivity contribution in [3.63, 3.8) is 0 Å². The monoisotopic (exact) mass is 313 g/mol. The van der Waals surface area contributed by atoms with Gasteiger partial charge in [-0.1, -0.05) is 19.1 Å². The molecule has 0 aromatic heterocycles. The first-order chi connectivity index (χ1) is 10.5. The fraction of sp³-hybridized carbons (Fsp3) is 0.529. The molecule has 1 aromatic rings. The number of nitrogens with zero attached hydrogens (tertiary/aromatic N) is 1. The van der Waals surface area contributed by atoms with E-state index in [0.29, 0.717) is 25.3 Å². The van der Waals surface area contributed by atoms with Crippen LogP contribution in [0.2, 0.25) is 0 Å². The summed E-state index contributed by atoms with van der Waals surface area (Å²) < 4.78 is 32.0. The van der Waals surface area contributed by atoms with Crippen molar-refractivity contribution in [1.29, 1.82) is 0 Å². The minimum atomic E-state index is -0.669. The zero-order valence-corrected chi connectivity index (χ0v) is 13.3. The van der Waals surface area contributed by atoms with Gasteiger partial charge in [-0.05, 0) is 19.4 Å². The Hall–Kier alpha value is -1.30. The molecule has 1 rings (SSSR count). The average molecular weight is 313 g/mol. The predicted molar refractivity (Wildman–Crippen MR) is 83.5 cm³/mol. The molecule has 0 fully saturated rings. The topological polar surface area (TPSA) is 32.7 Å². The smallest absolute Gasteiger partial charge is 0.130 e. The fourth-order valence-electron chi connectivity index (χ4n) is 2.14. The molecule has 0 saturated heterocycles. The van der Waals surface area contributed by atoms with Crippen molar-refractivity contribution < 1.29 is 18.6 Å². The lowest BCUT2D eigenvalue weighted by Crippen LogP contribution is -2.40. The van der Waals surface area contributed by atoms with E-state index in [2.05, 4.69) is 6.58 Å². The highest BCUT2D eigenvalue weighted by atomic mass is 19.1. The lowest BCUT2D eigenvalue weighted by Gasteiger charge is -2.30. The zero-order chi connectivity index (χ0) is 16.5. The number of benzene rings is 1. The van der Waals surface area contributed by atoms with Gasteiger partial charge in [0.05, 0.1) is 19.3 Å².